The highest BCUT2D eigenvalue weighted by molar-refractivity contribution is 6.06. The molecule has 0 spiro atoms. The highest BCUT2D eigenvalue weighted by atomic mass is 16.1. The molecule has 0 atom stereocenters. The van der Waals surface area contributed by atoms with Crippen molar-refractivity contribution < 1.29 is 4.79 Å². The van der Waals surface area contributed by atoms with E-state index in [1.54, 1.807) is 6.92 Å². The molecule has 2 rings (SSSR count). The fourth-order valence-corrected chi connectivity index (χ4v) is 1.06. The van der Waals surface area contributed by atoms with E-state index in [4.69, 9.17) is 0 Å². The summed E-state index contributed by atoms with van der Waals surface area (Å²) >= 11 is 0. The molecule has 0 aromatic heterocycles. The van der Waals surface area contributed by atoms with Crippen molar-refractivity contribution in [2.45, 2.75) is 6.92 Å². The average Bonchev–Trinajstić information content (AvgIpc) is 2.43. The predicted octanol–water partition coefficient (Wildman–Crippen LogP) is 1.87. The molecule has 1 nitrogen and oxygen atoms in total. The molecule has 0 saturated carbocycles. The molecule has 0 saturated heterocycles. The predicted molar refractivity (Wildman–Crippen MR) is 35.4 cm³/mol. The molecule has 0 radical (unpaired) electrons. The molecule has 0 aromatic rings. The van der Waals surface area contributed by atoms with Crippen LogP contribution in [-0.4, -0.2) is 5.78 Å². The topological polar surface area (TPSA) is 17.1 Å². The number of carbonyl (C=O) groups excluding carboxylic acids is 1. The molecular weight excluding hydrogens is 112 g/mol. The first-order valence-corrected chi connectivity index (χ1v) is 2.94. The molecule has 1 heteroatoms. The Labute approximate surface area is 53.3 Å². The first kappa shape index (κ1) is 4.74. The van der Waals surface area contributed by atoms with Crippen LogP contribution in [0.25, 0.3) is 11.1 Å². The van der Waals surface area contributed by atoms with E-state index in [0.29, 0.717) is 0 Å². The Balaban J connectivity index is 2.53. The van der Waals surface area contributed by atoms with Crippen LogP contribution in [0, 0.1) is 0 Å². The Morgan fingerprint density at radius 3 is 2.44 bits per heavy atom. The molecule has 0 unspecified atom stereocenters. The molecule has 0 aromatic carbocycles. The molecule has 2 aliphatic rings. The third kappa shape index (κ3) is 0.515. The van der Waals surface area contributed by atoms with E-state index in [2.05, 4.69) is 0 Å². The van der Waals surface area contributed by atoms with Gasteiger partial charge in [-0.1, -0.05) is 12.1 Å². The van der Waals surface area contributed by atoms with Gasteiger partial charge in [0.2, 0.25) is 0 Å². The van der Waals surface area contributed by atoms with E-state index in [1.807, 2.05) is 18.2 Å². The van der Waals surface area contributed by atoms with E-state index in [0.717, 1.165) is 11.1 Å². The van der Waals surface area contributed by atoms with Gasteiger partial charge in [-0.15, -0.1) is 0 Å². The van der Waals surface area contributed by atoms with Gasteiger partial charge in [0.15, 0.2) is 5.78 Å². The first-order chi connectivity index (χ1) is 4.29. The van der Waals surface area contributed by atoms with E-state index in [9.17, 15) is 4.79 Å². The molecule has 0 bridgehead atoms. The highest BCUT2D eigenvalue weighted by Gasteiger charge is 2.18. The zero-order chi connectivity index (χ0) is 6.43. The number of fused-ring (bicyclic) bond motifs is 1. The summed E-state index contributed by atoms with van der Waals surface area (Å²) in [5, 5.41) is 0. The van der Waals surface area contributed by atoms with Crippen molar-refractivity contribution in [3.8, 4) is 11.1 Å². The zero-order valence-corrected chi connectivity index (χ0v) is 5.14. The average molecular weight is 118 g/mol. The van der Waals surface area contributed by atoms with Crippen LogP contribution < -0.4 is 0 Å². The van der Waals surface area contributed by atoms with Crippen LogP contribution in [0.5, 0.6) is 0 Å². The van der Waals surface area contributed by atoms with Gasteiger partial charge in [0.05, 0.1) is 0 Å². The Bertz CT molecular complexity index is 287. The van der Waals surface area contributed by atoms with E-state index in [1.165, 1.54) is 5.56 Å². The molecular formula is C8H6O. The smallest absolute Gasteiger partial charge is 0.160 e. The fraction of sp³-hybridized carbons (Fsp3) is 0.125. The maximum Gasteiger partial charge on any atom is 0.160 e. The molecule has 9 heavy (non-hydrogen) atoms. The van der Waals surface area contributed by atoms with Crippen molar-refractivity contribution in [3.63, 3.8) is 0 Å². The largest absolute Gasteiger partial charge is 0.294 e. The number of benzene rings is 1. The summed E-state index contributed by atoms with van der Waals surface area (Å²) in [6.07, 6.45) is 0. The molecule has 2 aliphatic carbocycles. The van der Waals surface area contributed by atoms with Crippen molar-refractivity contribution in [1.29, 1.82) is 0 Å². The fourth-order valence-electron chi connectivity index (χ4n) is 1.06. The monoisotopic (exact) mass is 118 g/mol. The quantitative estimate of drug-likeness (QED) is 0.522. The van der Waals surface area contributed by atoms with Gasteiger partial charge in [0.1, 0.15) is 0 Å². The minimum atomic E-state index is 0.171. The third-order valence-electron chi connectivity index (χ3n) is 1.63. The SMILES string of the molecule is CC(=O)c1ccc2cc1-2. The van der Waals surface area contributed by atoms with Gasteiger partial charge in [-0.25, -0.2) is 0 Å². The first-order valence-electron chi connectivity index (χ1n) is 2.94. The summed E-state index contributed by atoms with van der Waals surface area (Å²) in [7, 11) is 0. The van der Waals surface area contributed by atoms with Crippen LogP contribution in [0.4, 0.5) is 0 Å². The third-order valence-corrected chi connectivity index (χ3v) is 1.63. The molecule has 0 heterocycles. The summed E-state index contributed by atoms with van der Waals surface area (Å²) in [5.41, 5.74) is 3.27. The molecule has 0 fully saturated rings. The van der Waals surface area contributed by atoms with Crippen molar-refractivity contribution in [3.05, 3.63) is 23.8 Å². The standard InChI is InChI=1S/C8H6O/c1-5(9)7-3-2-6-4-8(6)7/h2-4H,1H3. The Morgan fingerprint density at radius 1 is 1.44 bits per heavy atom. The number of rotatable bonds is 1. The van der Waals surface area contributed by atoms with E-state index < -0.39 is 0 Å². The van der Waals surface area contributed by atoms with E-state index >= 15 is 0 Å². The lowest BCUT2D eigenvalue weighted by molar-refractivity contribution is 0.101. The van der Waals surface area contributed by atoms with Crippen molar-refractivity contribution >= 4 is 5.78 Å². The zero-order valence-electron chi connectivity index (χ0n) is 5.14. The van der Waals surface area contributed by atoms with Crippen LogP contribution in [0.15, 0.2) is 18.2 Å². The number of hydrogen-bond acceptors (Lipinski definition) is 1. The minimum absolute atomic E-state index is 0.171. The lowest BCUT2D eigenvalue weighted by Crippen LogP contribution is -1.86. The van der Waals surface area contributed by atoms with Gasteiger partial charge in [-0.05, 0) is 24.1 Å². The van der Waals surface area contributed by atoms with Gasteiger partial charge in [-0.2, -0.15) is 0 Å². The van der Waals surface area contributed by atoms with Gasteiger partial charge >= 0.3 is 0 Å². The second-order valence-electron chi connectivity index (χ2n) is 2.32. The summed E-state index contributed by atoms with van der Waals surface area (Å²) in [4.78, 5) is 10.7. The summed E-state index contributed by atoms with van der Waals surface area (Å²) < 4.78 is 0. The van der Waals surface area contributed by atoms with Crippen LogP contribution >= 0.6 is 0 Å². The lowest BCUT2D eigenvalue weighted by Gasteiger charge is -1.83. The van der Waals surface area contributed by atoms with Gasteiger partial charge in [0.25, 0.3) is 0 Å². The summed E-state index contributed by atoms with van der Waals surface area (Å²) in [5.74, 6) is 0.171. The molecule has 0 aliphatic heterocycles. The highest BCUT2D eigenvalue weighted by Crippen LogP contribution is 2.38. The Hall–Kier alpha value is -1.11. The van der Waals surface area contributed by atoms with Gasteiger partial charge in [-0.3, -0.25) is 4.79 Å². The van der Waals surface area contributed by atoms with Crippen LogP contribution in [0.1, 0.15) is 17.3 Å². The normalized spacial score (nSPS) is 11.2. The van der Waals surface area contributed by atoms with Gasteiger partial charge < -0.3 is 0 Å². The van der Waals surface area contributed by atoms with Crippen molar-refractivity contribution in [2.75, 3.05) is 0 Å². The Kier molecular flexibility index (Phi) is 0.652. The lowest BCUT2D eigenvalue weighted by atomic mass is 10.2. The second kappa shape index (κ2) is 1.24. The Morgan fingerprint density at radius 2 is 2.22 bits per heavy atom. The summed E-state index contributed by atoms with van der Waals surface area (Å²) in [6, 6.07) is 5.88. The number of Topliss-reactive ketones (excluding diaryl/α,β-unsaturated/α-hetero) is 1. The maximum absolute atomic E-state index is 10.7. The molecule has 0 N–H and O–H groups in total. The number of ketones is 1. The minimum Gasteiger partial charge on any atom is -0.294 e. The number of hydrogen-bond donors (Lipinski definition) is 0. The van der Waals surface area contributed by atoms with Crippen LogP contribution in [-0.2, 0) is 0 Å². The molecule has 44 valence electrons. The van der Waals surface area contributed by atoms with E-state index in [-0.39, 0.29) is 5.78 Å². The number of carbonyl (C=O) groups is 1. The van der Waals surface area contributed by atoms with Crippen LogP contribution in [0.3, 0.4) is 0 Å². The maximum atomic E-state index is 10.7. The molecule has 0 amide bonds. The van der Waals surface area contributed by atoms with Gasteiger partial charge in [0, 0.05) is 5.56 Å². The summed E-state index contributed by atoms with van der Waals surface area (Å²) in [6.45, 7) is 1.60. The van der Waals surface area contributed by atoms with Crippen molar-refractivity contribution in [1.82, 2.24) is 0 Å². The van der Waals surface area contributed by atoms with Crippen molar-refractivity contribution in [2.24, 2.45) is 0 Å². The second-order valence-corrected chi connectivity index (χ2v) is 2.32. The van der Waals surface area contributed by atoms with Crippen LogP contribution in [0.2, 0.25) is 0 Å².